The lowest BCUT2D eigenvalue weighted by molar-refractivity contribution is -0.140. The summed E-state index contributed by atoms with van der Waals surface area (Å²) in [5.41, 5.74) is -1.59. The minimum atomic E-state index is -4.75. The maximum Gasteiger partial charge on any atom is 0.421 e. The number of hydrogen-bond donors (Lipinski definition) is 0. The number of pyridine rings is 1. The van der Waals surface area contributed by atoms with E-state index in [-0.39, 0.29) is 6.04 Å². The van der Waals surface area contributed by atoms with Gasteiger partial charge in [0.2, 0.25) is 5.91 Å². The molecule has 0 radical (unpaired) electrons. The molecule has 1 aromatic heterocycles. The first-order valence-corrected chi connectivity index (χ1v) is 7.80. The highest BCUT2D eigenvalue weighted by Crippen LogP contribution is 2.26. The molecule has 2 aromatic rings. The van der Waals surface area contributed by atoms with Crippen LogP contribution in [0.15, 0.2) is 53.5 Å². The maximum absolute atomic E-state index is 12.8. The predicted octanol–water partition coefficient (Wildman–Crippen LogP) is 3.30. The lowest BCUT2D eigenvalue weighted by Crippen LogP contribution is -2.41. The van der Waals surface area contributed by atoms with E-state index >= 15 is 0 Å². The summed E-state index contributed by atoms with van der Waals surface area (Å²) in [6.45, 7) is 3.52. The van der Waals surface area contributed by atoms with E-state index in [1.54, 1.807) is 0 Å². The summed E-state index contributed by atoms with van der Waals surface area (Å²) in [7, 11) is 0. The Kier molecular flexibility index (Phi) is 5.66. The SMILES string of the molecule is CC(C)N(Cc1ccccc1)C(=O)Cn1cccc(C(F)(F)F)c1=O. The van der Waals surface area contributed by atoms with Crippen LogP contribution in [0.2, 0.25) is 0 Å². The minimum Gasteiger partial charge on any atom is -0.334 e. The van der Waals surface area contributed by atoms with Gasteiger partial charge in [-0.25, -0.2) is 0 Å². The van der Waals surface area contributed by atoms with Crippen LogP contribution < -0.4 is 5.56 Å². The number of nitrogens with zero attached hydrogens (tertiary/aromatic N) is 2. The molecule has 2 rings (SSSR count). The van der Waals surface area contributed by atoms with Crippen molar-refractivity contribution in [2.45, 2.75) is 39.2 Å². The molecule has 134 valence electrons. The van der Waals surface area contributed by atoms with Crippen LogP contribution in [0.5, 0.6) is 0 Å². The number of aromatic nitrogens is 1. The summed E-state index contributed by atoms with van der Waals surface area (Å²) in [5.74, 6) is -0.416. The van der Waals surface area contributed by atoms with Crippen LogP contribution in [0.25, 0.3) is 0 Å². The molecule has 0 atom stereocenters. The van der Waals surface area contributed by atoms with Crippen molar-refractivity contribution in [2.75, 3.05) is 0 Å². The Hall–Kier alpha value is -2.57. The fourth-order valence-electron chi connectivity index (χ4n) is 2.45. The zero-order valence-electron chi connectivity index (χ0n) is 14.0. The molecule has 0 aliphatic heterocycles. The summed E-state index contributed by atoms with van der Waals surface area (Å²) in [4.78, 5) is 26.1. The van der Waals surface area contributed by atoms with Crippen molar-refractivity contribution >= 4 is 5.91 Å². The number of rotatable bonds is 5. The Morgan fingerprint density at radius 1 is 1.12 bits per heavy atom. The standard InChI is InChI=1S/C18H19F3N2O2/c1-13(2)23(11-14-7-4-3-5-8-14)16(24)12-22-10-6-9-15(17(22)25)18(19,20)21/h3-10,13H,11-12H2,1-2H3. The molecule has 0 N–H and O–H groups in total. The van der Waals surface area contributed by atoms with Crippen molar-refractivity contribution in [3.63, 3.8) is 0 Å². The number of carbonyl (C=O) groups excluding carboxylic acids is 1. The van der Waals surface area contributed by atoms with Gasteiger partial charge in [0.15, 0.2) is 0 Å². The summed E-state index contributed by atoms with van der Waals surface area (Å²) < 4.78 is 39.3. The monoisotopic (exact) mass is 352 g/mol. The van der Waals surface area contributed by atoms with Gasteiger partial charge in [-0.1, -0.05) is 30.3 Å². The van der Waals surface area contributed by atoms with Gasteiger partial charge in [-0.15, -0.1) is 0 Å². The fourth-order valence-corrected chi connectivity index (χ4v) is 2.45. The highest BCUT2D eigenvalue weighted by atomic mass is 19.4. The van der Waals surface area contributed by atoms with E-state index in [2.05, 4.69) is 0 Å². The molecule has 0 spiro atoms. The fraction of sp³-hybridized carbons (Fsp3) is 0.333. The number of amides is 1. The summed E-state index contributed by atoms with van der Waals surface area (Å²) in [5, 5.41) is 0. The second-order valence-electron chi connectivity index (χ2n) is 5.95. The van der Waals surface area contributed by atoms with Crippen LogP contribution in [0, 0.1) is 0 Å². The molecule has 1 heterocycles. The Bertz CT molecular complexity index is 783. The van der Waals surface area contributed by atoms with Gasteiger partial charge in [-0.3, -0.25) is 9.59 Å². The Labute approximate surface area is 143 Å². The molecule has 0 fully saturated rings. The molecule has 0 aliphatic rings. The lowest BCUT2D eigenvalue weighted by Gasteiger charge is -2.27. The van der Waals surface area contributed by atoms with Crippen molar-refractivity contribution in [1.82, 2.24) is 9.47 Å². The zero-order chi connectivity index (χ0) is 18.6. The van der Waals surface area contributed by atoms with Gasteiger partial charge in [0.1, 0.15) is 12.1 Å². The molecule has 0 bridgehead atoms. The van der Waals surface area contributed by atoms with Crippen LogP contribution in [0.3, 0.4) is 0 Å². The Morgan fingerprint density at radius 3 is 2.32 bits per heavy atom. The molecule has 1 aromatic carbocycles. The number of halogens is 3. The summed E-state index contributed by atoms with van der Waals surface area (Å²) >= 11 is 0. The van der Waals surface area contributed by atoms with E-state index in [9.17, 15) is 22.8 Å². The molecule has 1 amide bonds. The largest absolute Gasteiger partial charge is 0.421 e. The van der Waals surface area contributed by atoms with E-state index in [4.69, 9.17) is 0 Å². The summed E-state index contributed by atoms with van der Waals surface area (Å²) in [6, 6.07) is 10.9. The smallest absolute Gasteiger partial charge is 0.334 e. The van der Waals surface area contributed by atoms with E-state index in [1.165, 1.54) is 11.1 Å². The molecule has 7 heteroatoms. The van der Waals surface area contributed by atoms with Crippen LogP contribution in [-0.2, 0) is 24.1 Å². The van der Waals surface area contributed by atoms with E-state index in [0.29, 0.717) is 12.6 Å². The number of alkyl halides is 3. The maximum atomic E-state index is 12.8. The van der Waals surface area contributed by atoms with Crippen LogP contribution in [0.1, 0.15) is 25.0 Å². The Balaban J connectivity index is 2.23. The highest BCUT2D eigenvalue weighted by Gasteiger charge is 2.34. The lowest BCUT2D eigenvalue weighted by atomic mass is 10.2. The van der Waals surface area contributed by atoms with Crippen molar-refractivity contribution in [3.8, 4) is 0 Å². The third-order valence-corrected chi connectivity index (χ3v) is 3.77. The third-order valence-electron chi connectivity index (χ3n) is 3.77. The second-order valence-corrected chi connectivity index (χ2v) is 5.95. The van der Waals surface area contributed by atoms with Gasteiger partial charge in [-0.05, 0) is 31.5 Å². The van der Waals surface area contributed by atoms with Gasteiger partial charge < -0.3 is 9.47 Å². The molecular weight excluding hydrogens is 333 g/mol. The van der Waals surface area contributed by atoms with Gasteiger partial charge in [0.25, 0.3) is 5.56 Å². The average molecular weight is 352 g/mol. The van der Waals surface area contributed by atoms with E-state index in [1.807, 2.05) is 44.2 Å². The van der Waals surface area contributed by atoms with Crippen molar-refractivity contribution in [2.24, 2.45) is 0 Å². The van der Waals surface area contributed by atoms with Crippen LogP contribution in [0.4, 0.5) is 13.2 Å². The first-order valence-electron chi connectivity index (χ1n) is 7.80. The van der Waals surface area contributed by atoms with Gasteiger partial charge >= 0.3 is 6.18 Å². The molecule has 25 heavy (non-hydrogen) atoms. The number of carbonyl (C=O) groups is 1. The third kappa shape index (κ3) is 4.71. The normalized spacial score (nSPS) is 11.6. The number of hydrogen-bond acceptors (Lipinski definition) is 2. The van der Waals surface area contributed by atoms with E-state index < -0.39 is 29.8 Å². The Morgan fingerprint density at radius 2 is 1.76 bits per heavy atom. The predicted molar refractivity (Wildman–Crippen MR) is 87.8 cm³/mol. The van der Waals surface area contributed by atoms with Crippen molar-refractivity contribution < 1.29 is 18.0 Å². The molecule has 0 aliphatic carbocycles. The summed E-state index contributed by atoms with van der Waals surface area (Å²) in [6.07, 6.45) is -3.55. The quantitative estimate of drug-likeness (QED) is 0.829. The number of benzene rings is 1. The van der Waals surface area contributed by atoms with E-state index in [0.717, 1.165) is 16.2 Å². The van der Waals surface area contributed by atoms with Crippen molar-refractivity contribution in [3.05, 3.63) is 70.1 Å². The molecule has 4 nitrogen and oxygen atoms in total. The molecule has 0 unspecified atom stereocenters. The first-order chi connectivity index (χ1) is 11.7. The molecule has 0 saturated carbocycles. The average Bonchev–Trinajstić information content (AvgIpc) is 2.54. The van der Waals surface area contributed by atoms with Crippen LogP contribution in [-0.4, -0.2) is 21.4 Å². The van der Waals surface area contributed by atoms with Crippen molar-refractivity contribution in [1.29, 1.82) is 0 Å². The molecule has 0 saturated heterocycles. The second kappa shape index (κ2) is 7.55. The highest BCUT2D eigenvalue weighted by molar-refractivity contribution is 5.76. The minimum absolute atomic E-state index is 0.158. The molecular formula is C18H19F3N2O2. The van der Waals surface area contributed by atoms with Gasteiger partial charge in [0.05, 0.1) is 0 Å². The van der Waals surface area contributed by atoms with Crippen LogP contribution >= 0.6 is 0 Å². The van der Waals surface area contributed by atoms with Gasteiger partial charge in [0, 0.05) is 18.8 Å². The zero-order valence-corrected chi connectivity index (χ0v) is 14.0. The topological polar surface area (TPSA) is 42.3 Å². The first kappa shape index (κ1) is 18.8. The van der Waals surface area contributed by atoms with Gasteiger partial charge in [-0.2, -0.15) is 13.2 Å².